The normalized spacial score (nSPS) is 15.5. The highest BCUT2D eigenvalue weighted by Crippen LogP contribution is 2.26. The number of hydrogen-bond acceptors (Lipinski definition) is 4. The lowest BCUT2D eigenvalue weighted by atomic mass is 10.0. The van der Waals surface area contributed by atoms with E-state index in [4.69, 9.17) is 4.74 Å². The Hall–Kier alpha value is -2.25. The van der Waals surface area contributed by atoms with Crippen LogP contribution in [-0.2, 0) is 14.3 Å². The maximum absolute atomic E-state index is 13.2. The smallest absolute Gasteiger partial charge is 0.223 e. The van der Waals surface area contributed by atoms with E-state index in [1.54, 1.807) is 17.0 Å². The number of thiophene rings is 1. The molecule has 3 rings (SSSR count). The maximum Gasteiger partial charge on any atom is 0.223 e. The van der Waals surface area contributed by atoms with Gasteiger partial charge in [-0.05, 0) is 29.1 Å². The molecular weight excluding hydrogens is 355 g/mol. The number of halogens is 1. The summed E-state index contributed by atoms with van der Waals surface area (Å²) >= 11 is 1.52. The van der Waals surface area contributed by atoms with Gasteiger partial charge >= 0.3 is 0 Å². The van der Waals surface area contributed by atoms with E-state index in [1.807, 2.05) is 17.5 Å². The van der Waals surface area contributed by atoms with Gasteiger partial charge in [0.25, 0.3) is 0 Å². The molecule has 1 fully saturated rings. The van der Waals surface area contributed by atoms with Crippen LogP contribution in [0, 0.1) is 5.82 Å². The van der Waals surface area contributed by atoms with Crippen molar-refractivity contribution in [2.24, 2.45) is 0 Å². The molecule has 1 aromatic carbocycles. The van der Waals surface area contributed by atoms with E-state index in [1.165, 1.54) is 23.5 Å². The van der Waals surface area contributed by atoms with Crippen molar-refractivity contribution in [1.82, 2.24) is 10.2 Å². The standard InChI is InChI=1S/C19H21FN2O3S/c20-15-5-3-14(4-6-15)19(16-2-1-13-26-16)21-17(23)7-8-18(24)22-9-11-25-12-10-22/h1-6,13,19H,7-12H2,(H,21,23)/t19-/m0/s1. The third kappa shape index (κ3) is 4.89. The number of nitrogens with zero attached hydrogens (tertiary/aromatic N) is 1. The first-order valence-corrected chi connectivity index (χ1v) is 9.45. The molecule has 1 N–H and O–H groups in total. The Kier molecular flexibility index (Phi) is 6.35. The molecule has 1 atom stereocenters. The van der Waals surface area contributed by atoms with Crippen molar-refractivity contribution in [1.29, 1.82) is 0 Å². The van der Waals surface area contributed by atoms with Crippen LogP contribution in [0.2, 0.25) is 0 Å². The molecule has 2 heterocycles. The summed E-state index contributed by atoms with van der Waals surface area (Å²) in [5, 5.41) is 4.90. The third-order valence-electron chi connectivity index (χ3n) is 4.27. The number of rotatable bonds is 6. The first-order valence-electron chi connectivity index (χ1n) is 8.57. The van der Waals surface area contributed by atoms with Crippen LogP contribution in [-0.4, -0.2) is 43.0 Å². The Morgan fingerprint density at radius 3 is 2.54 bits per heavy atom. The maximum atomic E-state index is 13.2. The Morgan fingerprint density at radius 2 is 1.88 bits per heavy atom. The van der Waals surface area contributed by atoms with Crippen LogP contribution in [0.15, 0.2) is 41.8 Å². The molecule has 0 radical (unpaired) electrons. The molecule has 1 aliphatic heterocycles. The van der Waals surface area contributed by atoms with Gasteiger partial charge in [-0.2, -0.15) is 0 Å². The van der Waals surface area contributed by atoms with E-state index in [0.717, 1.165) is 10.4 Å². The summed E-state index contributed by atoms with van der Waals surface area (Å²) in [5.41, 5.74) is 0.807. The molecule has 7 heteroatoms. The van der Waals surface area contributed by atoms with Crippen LogP contribution in [0.4, 0.5) is 4.39 Å². The first-order chi connectivity index (χ1) is 12.6. The van der Waals surface area contributed by atoms with Gasteiger partial charge in [0.15, 0.2) is 0 Å². The van der Waals surface area contributed by atoms with Crippen molar-refractivity contribution in [3.8, 4) is 0 Å². The molecule has 0 saturated carbocycles. The summed E-state index contributed by atoms with van der Waals surface area (Å²) in [6, 6.07) is 9.58. The van der Waals surface area contributed by atoms with Gasteiger partial charge in [0.05, 0.1) is 19.3 Å². The lowest BCUT2D eigenvalue weighted by Crippen LogP contribution is -2.41. The number of nitrogens with one attached hydrogen (secondary N) is 1. The van der Waals surface area contributed by atoms with Crippen LogP contribution in [0.25, 0.3) is 0 Å². The second-order valence-corrected chi connectivity index (χ2v) is 7.04. The van der Waals surface area contributed by atoms with Crippen molar-refractivity contribution in [2.45, 2.75) is 18.9 Å². The minimum Gasteiger partial charge on any atom is -0.378 e. The molecule has 26 heavy (non-hydrogen) atoms. The largest absolute Gasteiger partial charge is 0.378 e. The summed E-state index contributed by atoms with van der Waals surface area (Å²) in [6.07, 6.45) is 0.297. The molecule has 0 spiro atoms. The van der Waals surface area contributed by atoms with Gasteiger partial charge in [0.1, 0.15) is 5.82 Å². The van der Waals surface area contributed by atoms with Crippen LogP contribution < -0.4 is 5.32 Å². The van der Waals surface area contributed by atoms with Crippen LogP contribution in [0.1, 0.15) is 29.3 Å². The molecule has 1 aliphatic rings. The number of amides is 2. The molecule has 1 aromatic heterocycles. The average molecular weight is 376 g/mol. The fourth-order valence-corrected chi connectivity index (χ4v) is 3.66. The van der Waals surface area contributed by atoms with E-state index >= 15 is 0 Å². The number of carbonyl (C=O) groups excluding carboxylic acids is 2. The Morgan fingerprint density at radius 1 is 1.15 bits per heavy atom. The second kappa shape index (κ2) is 8.91. The van der Waals surface area contributed by atoms with Crippen LogP contribution in [0.3, 0.4) is 0 Å². The SMILES string of the molecule is O=C(CCC(=O)N1CCOCC1)N[C@@H](c1ccc(F)cc1)c1cccs1. The molecule has 0 aliphatic carbocycles. The molecule has 2 aromatic rings. The lowest BCUT2D eigenvalue weighted by molar-refractivity contribution is -0.137. The van der Waals surface area contributed by atoms with Gasteiger partial charge in [-0.1, -0.05) is 18.2 Å². The average Bonchev–Trinajstić information content (AvgIpc) is 3.20. The predicted molar refractivity (Wildman–Crippen MR) is 97.3 cm³/mol. The zero-order chi connectivity index (χ0) is 18.4. The van der Waals surface area contributed by atoms with Crippen molar-refractivity contribution >= 4 is 23.2 Å². The van der Waals surface area contributed by atoms with Gasteiger partial charge in [-0.15, -0.1) is 11.3 Å². The topological polar surface area (TPSA) is 58.6 Å². The zero-order valence-corrected chi connectivity index (χ0v) is 15.1. The van der Waals surface area contributed by atoms with Gasteiger partial charge in [-0.25, -0.2) is 4.39 Å². The third-order valence-corrected chi connectivity index (χ3v) is 5.20. The lowest BCUT2D eigenvalue weighted by Gasteiger charge is -2.27. The zero-order valence-electron chi connectivity index (χ0n) is 14.3. The molecule has 138 valence electrons. The van der Waals surface area contributed by atoms with Gasteiger partial charge < -0.3 is 15.0 Å². The number of benzene rings is 1. The molecule has 2 amide bonds. The van der Waals surface area contributed by atoms with Crippen LogP contribution in [0.5, 0.6) is 0 Å². The number of carbonyl (C=O) groups is 2. The van der Waals surface area contributed by atoms with E-state index in [9.17, 15) is 14.0 Å². The van der Waals surface area contributed by atoms with Gasteiger partial charge in [0.2, 0.25) is 11.8 Å². The molecular formula is C19H21FN2O3S. The Bertz CT molecular complexity index is 728. The predicted octanol–water partition coefficient (Wildman–Crippen LogP) is 2.73. The van der Waals surface area contributed by atoms with E-state index < -0.39 is 0 Å². The summed E-state index contributed by atoms with van der Waals surface area (Å²) in [7, 11) is 0. The monoisotopic (exact) mass is 376 g/mol. The van der Waals surface area contributed by atoms with Crippen molar-refractivity contribution in [3.05, 3.63) is 58.0 Å². The van der Waals surface area contributed by atoms with Crippen molar-refractivity contribution < 1.29 is 18.7 Å². The van der Waals surface area contributed by atoms with Gasteiger partial charge in [-0.3, -0.25) is 9.59 Å². The van der Waals surface area contributed by atoms with Crippen LogP contribution >= 0.6 is 11.3 Å². The number of hydrogen-bond donors (Lipinski definition) is 1. The molecule has 5 nitrogen and oxygen atoms in total. The Balaban J connectivity index is 1.60. The summed E-state index contributed by atoms with van der Waals surface area (Å²) < 4.78 is 18.4. The number of morpholine rings is 1. The minimum atomic E-state index is -0.346. The summed E-state index contributed by atoms with van der Waals surface area (Å²) in [5.74, 6) is -0.548. The van der Waals surface area contributed by atoms with Gasteiger partial charge in [0, 0.05) is 30.8 Å². The fourth-order valence-electron chi connectivity index (χ4n) is 2.85. The summed E-state index contributed by atoms with van der Waals surface area (Å²) in [4.78, 5) is 27.3. The quantitative estimate of drug-likeness (QED) is 0.843. The molecule has 1 saturated heterocycles. The van der Waals surface area contributed by atoms with E-state index in [-0.39, 0.29) is 36.5 Å². The van der Waals surface area contributed by atoms with Crippen molar-refractivity contribution in [2.75, 3.05) is 26.3 Å². The highest BCUT2D eigenvalue weighted by Gasteiger charge is 2.21. The van der Waals surface area contributed by atoms with E-state index in [2.05, 4.69) is 5.32 Å². The Labute approximate surface area is 155 Å². The fraction of sp³-hybridized carbons (Fsp3) is 0.368. The van der Waals surface area contributed by atoms with Crippen molar-refractivity contribution in [3.63, 3.8) is 0 Å². The molecule has 0 unspecified atom stereocenters. The highest BCUT2D eigenvalue weighted by atomic mass is 32.1. The first kappa shape index (κ1) is 18.5. The highest BCUT2D eigenvalue weighted by molar-refractivity contribution is 7.10. The number of ether oxygens (including phenoxy) is 1. The summed E-state index contributed by atoms with van der Waals surface area (Å²) in [6.45, 7) is 2.24. The second-order valence-electron chi connectivity index (χ2n) is 6.06. The molecule has 0 bridgehead atoms. The minimum absolute atomic E-state index is 0.0297. The van der Waals surface area contributed by atoms with E-state index in [0.29, 0.717) is 26.3 Å².